The second kappa shape index (κ2) is 5.59. The second-order valence-electron chi connectivity index (χ2n) is 4.78. The van der Waals surface area contributed by atoms with Crippen molar-refractivity contribution < 1.29 is 14.1 Å². The van der Waals surface area contributed by atoms with Crippen LogP contribution in [0.4, 0.5) is 11.5 Å². The lowest BCUT2D eigenvalue weighted by atomic mass is 10.0. The summed E-state index contributed by atoms with van der Waals surface area (Å²) < 4.78 is 4.84. The third kappa shape index (κ3) is 2.67. The minimum atomic E-state index is -0.751. The van der Waals surface area contributed by atoms with E-state index in [0.29, 0.717) is 22.0 Å². The van der Waals surface area contributed by atoms with Crippen molar-refractivity contribution in [1.82, 2.24) is 5.16 Å². The first kappa shape index (κ1) is 14.8. The summed E-state index contributed by atoms with van der Waals surface area (Å²) in [6, 6.07) is 8.00. The first-order valence-corrected chi connectivity index (χ1v) is 6.87. The Balaban J connectivity index is 2.04. The highest BCUT2D eigenvalue weighted by molar-refractivity contribution is 6.38. The molecule has 1 aliphatic rings. The SMILES string of the molecule is Cc1cc(NC(=O)C(C#N)=C2C(=O)Nc3ccc(Cl)cc32)no1. The molecule has 2 aromatic rings. The molecule has 1 aliphatic heterocycles. The van der Waals surface area contributed by atoms with Gasteiger partial charge < -0.3 is 15.2 Å². The molecule has 0 fully saturated rings. The maximum Gasteiger partial charge on any atom is 0.268 e. The molecule has 0 aliphatic carbocycles. The van der Waals surface area contributed by atoms with Gasteiger partial charge in [-0.05, 0) is 25.1 Å². The van der Waals surface area contributed by atoms with Gasteiger partial charge in [0, 0.05) is 22.3 Å². The van der Waals surface area contributed by atoms with Gasteiger partial charge in [-0.1, -0.05) is 16.8 Å². The highest BCUT2D eigenvalue weighted by atomic mass is 35.5. The molecule has 2 N–H and O–H groups in total. The van der Waals surface area contributed by atoms with E-state index >= 15 is 0 Å². The van der Waals surface area contributed by atoms with Gasteiger partial charge in [-0.15, -0.1) is 0 Å². The molecule has 8 heteroatoms. The molecule has 0 bridgehead atoms. The van der Waals surface area contributed by atoms with Gasteiger partial charge in [0.25, 0.3) is 11.8 Å². The van der Waals surface area contributed by atoms with E-state index in [0.717, 1.165) is 0 Å². The van der Waals surface area contributed by atoms with Crippen LogP contribution in [-0.4, -0.2) is 17.0 Å². The molecule has 0 radical (unpaired) electrons. The van der Waals surface area contributed by atoms with Gasteiger partial charge in [-0.25, -0.2) is 0 Å². The summed E-state index contributed by atoms with van der Waals surface area (Å²) in [5.74, 6) is -0.628. The van der Waals surface area contributed by atoms with E-state index in [4.69, 9.17) is 16.1 Å². The summed E-state index contributed by atoms with van der Waals surface area (Å²) in [6.07, 6.45) is 0. The number of carbonyl (C=O) groups is 2. The first-order chi connectivity index (χ1) is 11.0. The van der Waals surface area contributed by atoms with Crippen molar-refractivity contribution in [1.29, 1.82) is 5.26 Å². The predicted octanol–water partition coefficient (Wildman–Crippen LogP) is 2.50. The zero-order valence-electron chi connectivity index (χ0n) is 11.8. The number of hydrogen-bond acceptors (Lipinski definition) is 5. The molecular weight excluding hydrogens is 320 g/mol. The molecule has 7 nitrogen and oxygen atoms in total. The Labute approximate surface area is 135 Å². The average Bonchev–Trinajstić information content (AvgIpc) is 3.04. The quantitative estimate of drug-likeness (QED) is 0.650. The van der Waals surface area contributed by atoms with Crippen molar-refractivity contribution in [3.05, 3.63) is 46.2 Å². The summed E-state index contributed by atoms with van der Waals surface area (Å²) >= 11 is 5.93. The zero-order valence-corrected chi connectivity index (χ0v) is 12.6. The molecule has 0 spiro atoms. The van der Waals surface area contributed by atoms with Crippen LogP contribution >= 0.6 is 11.6 Å². The predicted molar refractivity (Wildman–Crippen MR) is 82.5 cm³/mol. The summed E-state index contributed by atoms with van der Waals surface area (Å²) in [5.41, 5.74) is 0.546. The Kier molecular flexibility index (Phi) is 3.60. The standard InChI is InChI=1S/C15H9ClN4O3/c1-7-4-12(20-23-7)19-14(21)10(6-17)13-9-5-8(16)2-3-11(9)18-15(13)22/h2-5H,1H3,(H,18,22)(H,19,20,21). The van der Waals surface area contributed by atoms with Gasteiger partial charge in [-0.3, -0.25) is 9.59 Å². The number of nitriles is 1. The van der Waals surface area contributed by atoms with E-state index in [1.807, 2.05) is 0 Å². The van der Waals surface area contributed by atoms with E-state index in [9.17, 15) is 14.9 Å². The molecular formula is C15H9ClN4O3. The second-order valence-corrected chi connectivity index (χ2v) is 5.22. The normalized spacial score (nSPS) is 14.7. The Morgan fingerprint density at radius 3 is 2.87 bits per heavy atom. The van der Waals surface area contributed by atoms with Gasteiger partial charge in [-0.2, -0.15) is 5.26 Å². The number of benzene rings is 1. The molecule has 114 valence electrons. The number of halogens is 1. The minimum absolute atomic E-state index is 0.0253. The van der Waals surface area contributed by atoms with Crippen molar-refractivity contribution in [3.63, 3.8) is 0 Å². The Morgan fingerprint density at radius 1 is 1.43 bits per heavy atom. The fourth-order valence-corrected chi connectivity index (χ4v) is 2.38. The van der Waals surface area contributed by atoms with Crippen LogP contribution in [0.2, 0.25) is 5.02 Å². The summed E-state index contributed by atoms with van der Waals surface area (Å²) in [7, 11) is 0. The van der Waals surface area contributed by atoms with Crippen LogP contribution in [0.15, 0.2) is 34.4 Å². The molecule has 3 rings (SSSR count). The highest BCUT2D eigenvalue weighted by Gasteiger charge is 2.30. The lowest BCUT2D eigenvalue weighted by Crippen LogP contribution is -2.17. The van der Waals surface area contributed by atoms with Crippen molar-refractivity contribution in [3.8, 4) is 6.07 Å². The fraction of sp³-hybridized carbons (Fsp3) is 0.0667. The third-order valence-electron chi connectivity index (χ3n) is 3.18. The zero-order chi connectivity index (χ0) is 16.6. The number of anilines is 2. The summed E-state index contributed by atoms with van der Waals surface area (Å²) in [4.78, 5) is 24.4. The number of fused-ring (bicyclic) bond motifs is 1. The largest absolute Gasteiger partial charge is 0.360 e. The third-order valence-corrected chi connectivity index (χ3v) is 3.42. The van der Waals surface area contributed by atoms with Gasteiger partial charge in [0.2, 0.25) is 0 Å². The van der Waals surface area contributed by atoms with Gasteiger partial charge in [0.1, 0.15) is 17.4 Å². The molecule has 0 saturated carbocycles. The number of aryl methyl sites for hydroxylation is 1. The number of rotatable bonds is 2. The highest BCUT2D eigenvalue weighted by Crippen LogP contribution is 2.35. The van der Waals surface area contributed by atoms with Gasteiger partial charge in [0.15, 0.2) is 5.82 Å². The van der Waals surface area contributed by atoms with Crippen molar-refractivity contribution >= 4 is 40.5 Å². The van der Waals surface area contributed by atoms with Crippen molar-refractivity contribution in [2.45, 2.75) is 6.92 Å². The van der Waals surface area contributed by atoms with Gasteiger partial charge >= 0.3 is 0 Å². The smallest absolute Gasteiger partial charge is 0.268 e. The van der Waals surface area contributed by atoms with Crippen LogP contribution in [-0.2, 0) is 9.59 Å². The van der Waals surface area contributed by atoms with E-state index in [1.165, 1.54) is 12.1 Å². The number of carbonyl (C=O) groups excluding carboxylic acids is 2. The molecule has 1 aromatic carbocycles. The van der Waals surface area contributed by atoms with Crippen LogP contribution in [0, 0.1) is 18.3 Å². The Morgan fingerprint density at radius 2 is 2.22 bits per heavy atom. The van der Waals surface area contributed by atoms with Crippen molar-refractivity contribution in [2.24, 2.45) is 0 Å². The van der Waals surface area contributed by atoms with E-state index < -0.39 is 11.8 Å². The van der Waals surface area contributed by atoms with Gasteiger partial charge in [0.05, 0.1) is 5.57 Å². The van der Waals surface area contributed by atoms with Crippen LogP contribution < -0.4 is 10.6 Å². The average molecular weight is 329 g/mol. The van der Waals surface area contributed by atoms with E-state index in [1.54, 1.807) is 25.1 Å². The topological polar surface area (TPSA) is 108 Å². The first-order valence-electron chi connectivity index (χ1n) is 6.50. The maximum atomic E-state index is 12.3. The monoisotopic (exact) mass is 328 g/mol. The molecule has 1 aromatic heterocycles. The molecule has 2 heterocycles. The van der Waals surface area contributed by atoms with Crippen LogP contribution in [0.3, 0.4) is 0 Å². The summed E-state index contributed by atoms with van der Waals surface area (Å²) in [6.45, 7) is 1.66. The lowest BCUT2D eigenvalue weighted by molar-refractivity contribution is -0.113. The van der Waals surface area contributed by atoms with Crippen LogP contribution in [0.5, 0.6) is 0 Å². The fourth-order valence-electron chi connectivity index (χ4n) is 2.21. The lowest BCUT2D eigenvalue weighted by Gasteiger charge is -2.03. The number of hydrogen-bond donors (Lipinski definition) is 2. The minimum Gasteiger partial charge on any atom is -0.360 e. The maximum absolute atomic E-state index is 12.3. The van der Waals surface area contributed by atoms with Crippen LogP contribution in [0.1, 0.15) is 11.3 Å². The van der Waals surface area contributed by atoms with E-state index in [-0.39, 0.29) is 17.0 Å². The molecule has 23 heavy (non-hydrogen) atoms. The summed E-state index contributed by atoms with van der Waals surface area (Å²) in [5, 5.41) is 18.3. The number of amides is 2. The Bertz CT molecular complexity index is 908. The van der Waals surface area contributed by atoms with E-state index in [2.05, 4.69) is 15.8 Å². The molecule has 2 amide bonds. The molecule has 0 unspecified atom stereocenters. The number of nitrogens with zero attached hydrogens (tertiary/aromatic N) is 2. The number of nitrogens with one attached hydrogen (secondary N) is 2. The Hall–Kier alpha value is -3.11. The molecule has 0 saturated heterocycles. The van der Waals surface area contributed by atoms with Crippen LogP contribution in [0.25, 0.3) is 5.57 Å². The number of aromatic nitrogens is 1. The molecule has 0 atom stereocenters. The van der Waals surface area contributed by atoms with Crippen molar-refractivity contribution in [2.75, 3.05) is 10.6 Å².